The number of hydrogen-bond donors (Lipinski definition) is 0. The van der Waals surface area contributed by atoms with Crippen molar-refractivity contribution in [1.29, 1.82) is 0 Å². The van der Waals surface area contributed by atoms with Gasteiger partial charge in [0.25, 0.3) is 0 Å². The van der Waals surface area contributed by atoms with E-state index in [1.807, 2.05) is 49.4 Å². The van der Waals surface area contributed by atoms with Gasteiger partial charge in [-0.1, -0.05) is 51.8 Å². The SMILES string of the molecule is Cc1ccccc1-c1nc(Cl)c2ccc(Br)cc2n1. The Morgan fingerprint density at radius 3 is 2.63 bits per heavy atom. The molecule has 0 unspecified atom stereocenters. The van der Waals surface area contributed by atoms with Crippen LogP contribution in [0.3, 0.4) is 0 Å². The molecule has 0 amide bonds. The topological polar surface area (TPSA) is 25.8 Å². The van der Waals surface area contributed by atoms with E-state index in [0.29, 0.717) is 11.0 Å². The van der Waals surface area contributed by atoms with Gasteiger partial charge in [0, 0.05) is 15.4 Å². The average molecular weight is 334 g/mol. The molecule has 0 fully saturated rings. The predicted octanol–water partition coefficient (Wildman–Crippen LogP) is 5.02. The van der Waals surface area contributed by atoms with Crippen molar-refractivity contribution >= 4 is 38.4 Å². The predicted molar refractivity (Wildman–Crippen MR) is 82.4 cm³/mol. The lowest BCUT2D eigenvalue weighted by Crippen LogP contribution is -1.93. The summed E-state index contributed by atoms with van der Waals surface area (Å²) in [5, 5.41) is 1.35. The van der Waals surface area contributed by atoms with Gasteiger partial charge in [-0.05, 0) is 30.7 Å². The fraction of sp³-hybridized carbons (Fsp3) is 0.0667. The smallest absolute Gasteiger partial charge is 0.161 e. The molecule has 3 rings (SSSR count). The molecule has 2 aromatic carbocycles. The minimum absolute atomic E-state index is 0.482. The largest absolute Gasteiger partial charge is 0.228 e. The van der Waals surface area contributed by atoms with E-state index >= 15 is 0 Å². The van der Waals surface area contributed by atoms with Gasteiger partial charge in [0.15, 0.2) is 5.82 Å². The van der Waals surface area contributed by atoms with Crippen LogP contribution in [0.5, 0.6) is 0 Å². The van der Waals surface area contributed by atoms with Crippen LogP contribution in [0.1, 0.15) is 5.56 Å². The number of halogens is 2. The molecule has 0 atom stereocenters. The molecule has 94 valence electrons. The summed E-state index contributed by atoms with van der Waals surface area (Å²) in [6, 6.07) is 13.8. The Bertz CT molecular complexity index is 771. The number of hydrogen-bond acceptors (Lipinski definition) is 2. The molecule has 0 N–H and O–H groups in total. The van der Waals surface area contributed by atoms with Crippen LogP contribution in [0.25, 0.3) is 22.3 Å². The van der Waals surface area contributed by atoms with Crippen LogP contribution in [-0.4, -0.2) is 9.97 Å². The van der Waals surface area contributed by atoms with Gasteiger partial charge in [-0.3, -0.25) is 0 Å². The second kappa shape index (κ2) is 4.91. The molecule has 0 aliphatic rings. The molecule has 0 radical (unpaired) electrons. The maximum Gasteiger partial charge on any atom is 0.161 e. The zero-order valence-electron chi connectivity index (χ0n) is 10.2. The molecule has 0 aliphatic carbocycles. The standard InChI is InChI=1S/C15H10BrClN2/c1-9-4-2-3-5-11(9)15-18-13-8-10(16)6-7-12(13)14(17)19-15/h2-8H,1H3. The third kappa shape index (κ3) is 2.36. The highest BCUT2D eigenvalue weighted by Crippen LogP contribution is 2.28. The van der Waals surface area contributed by atoms with Crippen LogP contribution in [0.2, 0.25) is 5.15 Å². The quantitative estimate of drug-likeness (QED) is 0.584. The summed E-state index contributed by atoms with van der Waals surface area (Å²) in [7, 11) is 0. The Labute approximate surface area is 124 Å². The molecule has 2 nitrogen and oxygen atoms in total. The summed E-state index contributed by atoms with van der Waals surface area (Å²) < 4.78 is 0.977. The van der Waals surface area contributed by atoms with Crippen molar-refractivity contribution in [3.63, 3.8) is 0 Å². The van der Waals surface area contributed by atoms with Crippen LogP contribution < -0.4 is 0 Å². The third-order valence-corrected chi connectivity index (χ3v) is 3.78. The fourth-order valence-electron chi connectivity index (χ4n) is 2.01. The summed E-state index contributed by atoms with van der Waals surface area (Å²) in [6.45, 7) is 2.04. The molecule has 0 aliphatic heterocycles. The second-order valence-corrected chi connectivity index (χ2v) is 5.59. The van der Waals surface area contributed by atoms with Crippen LogP contribution >= 0.6 is 27.5 Å². The molecule has 0 spiro atoms. The van der Waals surface area contributed by atoms with Gasteiger partial charge in [-0.15, -0.1) is 0 Å². The first kappa shape index (κ1) is 12.6. The van der Waals surface area contributed by atoms with Gasteiger partial charge in [-0.2, -0.15) is 0 Å². The second-order valence-electron chi connectivity index (χ2n) is 4.31. The number of benzene rings is 2. The summed E-state index contributed by atoms with van der Waals surface area (Å²) in [6.07, 6.45) is 0. The monoisotopic (exact) mass is 332 g/mol. The van der Waals surface area contributed by atoms with Crippen molar-refractivity contribution in [3.8, 4) is 11.4 Å². The first-order chi connectivity index (χ1) is 9.15. The maximum atomic E-state index is 6.25. The van der Waals surface area contributed by atoms with Gasteiger partial charge in [0.05, 0.1) is 5.52 Å². The maximum absolute atomic E-state index is 6.25. The Hall–Kier alpha value is -1.45. The molecule has 3 aromatic rings. The van der Waals surface area contributed by atoms with E-state index in [0.717, 1.165) is 26.5 Å². The molecule has 0 bridgehead atoms. The van der Waals surface area contributed by atoms with Gasteiger partial charge in [0.1, 0.15) is 5.15 Å². The average Bonchev–Trinajstić information content (AvgIpc) is 2.38. The minimum Gasteiger partial charge on any atom is -0.228 e. The highest BCUT2D eigenvalue weighted by atomic mass is 79.9. The summed E-state index contributed by atoms with van der Waals surface area (Å²) in [5.41, 5.74) is 2.98. The minimum atomic E-state index is 0.482. The van der Waals surface area contributed by atoms with E-state index in [9.17, 15) is 0 Å². The number of fused-ring (bicyclic) bond motifs is 1. The number of nitrogens with zero attached hydrogens (tertiary/aromatic N) is 2. The Balaban J connectivity index is 2.29. The van der Waals surface area contributed by atoms with Crippen molar-refractivity contribution in [2.24, 2.45) is 0 Å². The van der Waals surface area contributed by atoms with Crippen LogP contribution in [0.4, 0.5) is 0 Å². The van der Waals surface area contributed by atoms with Gasteiger partial charge >= 0.3 is 0 Å². The van der Waals surface area contributed by atoms with Crippen molar-refractivity contribution in [1.82, 2.24) is 9.97 Å². The molecule has 4 heteroatoms. The molecule has 0 saturated carbocycles. The van der Waals surface area contributed by atoms with E-state index in [-0.39, 0.29) is 0 Å². The molecule has 0 saturated heterocycles. The normalized spacial score (nSPS) is 10.9. The highest BCUT2D eigenvalue weighted by Gasteiger charge is 2.09. The van der Waals surface area contributed by atoms with E-state index in [4.69, 9.17) is 11.6 Å². The lowest BCUT2D eigenvalue weighted by Gasteiger charge is -2.07. The summed E-state index contributed by atoms with van der Waals surface area (Å²) >= 11 is 9.70. The number of rotatable bonds is 1. The van der Waals surface area contributed by atoms with E-state index in [1.54, 1.807) is 0 Å². The third-order valence-electron chi connectivity index (χ3n) is 3.00. The Morgan fingerprint density at radius 2 is 1.84 bits per heavy atom. The number of aromatic nitrogens is 2. The van der Waals surface area contributed by atoms with Crippen LogP contribution in [0, 0.1) is 6.92 Å². The molecule has 19 heavy (non-hydrogen) atoms. The first-order valence-electron chi connectivity index (χ1n) is 5.84. The van der Waals surface area contributed by atoms with Crippen molar-refractivity contribution in [2.45, 2.75) is 6.92 Å². The van der Waals surface area contributed by atoms with E-state index in [2.05, 4.69) is 25.9 Å². The summed E-state index contributed by atoms with van der Waals surface area (Å²) in [4.78, 5) is 9.00. The molecular formula is C15H10BrClN2. The molecule has 1 aromatic heterocycles. The van der Waals surface area contributed by atoms with E-state index in [1.165, 1.54) is 0 Å². The molecular weight excluding hydrogens is 324 g/mol. The van der Waals surface area contributed by atoms with Crippen LogP contribution in [-0.2, 0) is 0 Å². The van der Waals surface area contributed by atoms with E-state index < -0.39 is 0 Å². The zero-order valence-corrected chi connectivity index (χ0v) is 12.5. The zero-order chi connectivity index (χ0) is 13.4. The number of aryl methyl sites for hydroxylation is 1. The van der Waals surface area contributed by atoms with Crippen LogP contribution in [0.15, 0.2) is 46.9 Å². The first-order valence-corrected chi connectivity index (χ1v) is 7.01. The summed E-state index contributed by atoms with van der Waals surface area (Å²) in [5.74, 6) is 0.661. The molecule has 1 heterocycles. The van der Waals surface area contributed by atoms with Gasteiger partial charge < -0.3 is 0 Å². The van der Waals surface area contributed by atoms with Crippen molar-refractivity contribution in [3.05, 3.63) is 57.7 Å². The van der Waals surface area contributed by atoms with Crippen molar-refractivity contribution in [2.75, 3.05) is 0 Å². The van der Waals surface area contributed by atoms with Crippen molar-refractivity contribution < 1.29 is 0 Å². The fourth-order valence-corrected chi connectivity index (χ4v) is 2.60. The Kier molecular flexibility index (Phi) is 3.25. The van der Waals surface area contributed by atoms with Gasteiger partial charge in [-0.25, -0.2) is 9.97 Å². The Morgan fingerprint density at radius 1 is 1.05 bits per heavy atom. The van der Waals surface area contributed by atoms with Gasteiger partial charge in [0.2, 0.25) is 0 Å². The lowest BCUT2D eigenvalue weighted by molar-refractivity contribution is 1.21. The highest BCUT2D eigenvalue weighted by molar-refractivity contribution is 9.10. The lowest BCUT2D eigenvalue weighted by atomic mass is 10.1.